The van der Waals surface area contributed by atoms with E-state index in [2.05, 4.69) is 39.0 Å². The normalized spacial score (nSPS) is 11.4. The smallest absolute Gasteiger partial charge is 0.135 e. The Morgan fingerprint density at radius 1 is 0.812 bits per heavy atom. The van der Waals surface area contributed by atoms with Crippen molar-refractivity contribution in [1.82, 2.24) is 0 Å². The molecule has 1 heteroatoms. The molecular formula is C15H14O. The topological polar surface area (TPSA) is 13.1 Å². The van der Waals surface area contributed by atoms with Crippen LogP contribution in [0.3, 0.4) is 0 Å². The molecule has 0 fully saturated rings. The Hall–Kier alpha value is -1.76. The molecular weight excluding hydrogens is 196 g/mol. The molecule has 0 amide bonds. The SMILES string of the molecule is Cc1cc(C)c2c(c1)oc1cccc(C)c12. The van der Waals surface area contributed by atoms with Crippen LogP contribution in [0.1, 0.15) is 16.7 Å². The Kier molecular flexibility index (Phi) is 1.84. The second-order valence-corrected chi connectivity index (χ2v) is 4.51. The minimum Gasteiger partial charge on any atom is -0.456 e. The quantitative estimate of drug-likeness (QED) is 0.532. The van der Waals surface area contributed by atoms with Crippen LogP contribution in [-0.4, -0.2) is 0 Å². The lowest BCUT2D eigenvalue weighted by molar-refractivity contribution is 0.668. The van der Waals surface area contributed by atoms with Gasteiger partial charge in [0, 0.05) is 10.8 Å². The zero-order chi connectivity index (χ0) is 11.3. The fraction of sp³-hybridized carbons (Fsp3) is 0.200. The molecule has 0 N–H and O–H groups in total. The lowest BCUT2D eigenvalue weighted by Crippen LogP contribution is -1.79. The Morgan fingerprint density at radius 2 is 1.56 bits per heavy atom. The highest BCUT2D eigenvalue weighted by molar-refractivity contribution is 6.08. The number of hydrogen-bond acceptors (Lipinski definition) is 1. The predicted molar refractivity (Wildman–Crippen MR) is 67.9 cm³/mol. The van der Waals surface area contributed by atoms with Gasteiger partial charge in [-0.05, 0) is 49.6 Å². The zero-order valence-corrected chi connectivity index (χ0v) is 9.79. The maximum Gasteiger partial charge on any atom is 0.135 e. The molecule has 1 nitrogen and oxygen atoms in total. The number of furan rings is 1. The Bertz CT molecular complexity index is 689. The van der Waals surface area contributed by atoms with Crippen molar-refractivity contribution in [2.45, 2.75) is 20.8 Å². The van der Waals surface area contributed by atoms with Crippen LogP contribution in [0.25, 0.3) is 21.9 Å². The van der Waals surface area contributed by atoms with Crippen molar-refractivity contribution in [3.05, 3.63) is 47.0 Å². The standard InChI is InChI=1S/C15H14O/c1-9-7-11(3)15-13(8-9)16-12-6-4-5-10(2)14(12)15/h4-8H,1-3H3. The summed E-state index contributed by atoms with van der Waals surface area (Å²) in [6, 6.07) is 10.5. The highest BCUT2D eigenvalue weighted by atomic mass is 16.3. The first kappa shape index (κ1) is 9.46. The van der Waals surface area contributed by atoms with Gasteiger partial charge in [0.1, 0.15) is 11.2 Å². The molecule has 0 spiro atoms. The summed E-state index contributed by atoms with van der Waals surface area (Å²) in [5, 5.41) is 2.52. The molecule has 0 saturated heterocycles. The van der Waals surface area contributed by atoms with E-state index in [1.54, 1.807) is 0 Å². The van der Waals surface area contributed by atoms with Gasteiger partial charge in [-0.15, -0.1) is 0 Å². The van der Waals surface area contributed by atoms with Gasteiger partial charge < -0.3 is 4.42 Å². The van der Waals surface area contributed by atoms with Crippen LogP contribution in [0.15, 0.2) is 34.7 Å². The van der Waals surface area contributed by atoms with E-state index in [1.165, 1.54) is 27.5 Å². The summed E-state index contributed by atoms with van der Waals surface area (Å²) in [5.41, 5.74) is 5.82. The minimum atomic E-state index is 0.990. The largest absolute Gasteiger partial charge is 0.456 e. The maximum atomic E-state index is 5.89. The molecule has 0 atom stereocenters. The molecule has 0 saturated carbocycles. The molecule has 0 unspecified atom stereocenters. The van der Waals surface area contributed by atoms with E-state index in [-0.39, 0.29) is 0 Å². The van der Waals surface area contributed by atoms with E-state index in [4.69, 9.17) is 4.42 Å². The third-order valence-corrected chi connectivity index (χ3v) is 3.15. The summed E-state index contributed by atoms with van der Waals surface area (Å²) < 4.78 is 5.89. The molecule has 0 aliphatic rings. The summed E-state index contributed by atoms with van der Waals surface area (Å²) in [6.07, 6.45) is 0. The molecule has 3 aromatic rings. The van der Waals surface area contributed by atoms with Crippen LogP contribution in [0, 0.1) is 20.8 Å². The third kappa shape index (κ3) is 1.18. The van der Waals surface area contributed by atoms with Crippen molar-refractivity contribution in [2.75, 3.05) is 0 Å². The molecule has 2 aromatic carbocycles. The van der Waals surface area contributed by atoms with Crippen molar-refractivity contribution >= 4 is 21.9 Å². The molecule has 0 aliphatic heterocycles. The van der Waals surface area contributed by atoms with Crippen molar-refractivity contribution in [3.8, 4) is 0 Å². The third-order valence-electron chi connectivity index (χ3n) is 3.15. The van der Waals surface area contributed by atoms with Gasteiger partial charge in [0.2, 0.25) is 0 Å². The first-order valence-corrected chi connectivity index (χ1v) is 5.56. The fourth-order valence-corrected chi connectivity index (χ4v) is 2.49. The predicted octanol–water partition coefficient (Wildman–Crippen LogP) is 4.51. The van der Waals surface area contributed by atoms with Crippen LogP contribution in [0.2, 0.25) is 0 Å². The highest BCUT2D eigenvalue weighted by Crippen LogP contribution is 2.33. The number of fused-ring (bicyclic) bond motifs is 3. The second kappa shape index (κ2) is 3.11. The van der Waals surface area contributed by atoms with Crippen LogP contribution < -0.4 is 0 Å². The average molecular weight is 210 g/mol. The van der Waals surface area contributed by atoms with Crippen molar-refractivity contribution in [3.63, 3.8) is 0 Å². The molecule has 1 heterocycles. The van der Waals surface area contributed by atoms with E-state index in [9.17, 15) is 0 Å². The van der Waals surface area contributed by atoms with Crippen molar-refractivity contribution in [1.29, 1.82) is 0 Å². The first-order chi connectivity index (χ1) is 7.66. The van der Waals surface area contributed by atoms with Gasteiger partial charge in [-0.3, -0.25) is 0 Å². The Balaban J connectivity index is 2.63. The molecule has 0 aliphatic carbocycles. The first-order valence-electron chi connectivity index (χ1n) is 5.56. The fourth-order valence-electron chi connectivity index (χ4n) is 2.49. The molecule has 80 valence electrons. The van der Waals surface area contributed by atoms with Crippen molar-refractivity contribution in [2.24, 2.45) is 0 Å². The van der Waals surface area contributed by atoms with E-state index < -0.39 is 0 Å². The molecule has 0 bridgehead atoms. The monoisotopic (exact) mass is 210 g/mol. The summed E-state index contributed by atoms with van der Waals surface area (Å²) in [6.45, 7) is 6.39. The molecule has 3 rings (SSSR count). The van der Waals surface area contributed by atoms with E-state index >= 15 is 0 Å². The van der Waals surface area contributed by atoms with Gasteiger partial charge in [0.25, 0.3) is 0 Å². The average Bonchev–Trinajstić information content (AvgIpc) is 2.56. The lowest BCUT2D eigenvalue weighted by Gasteiger charge is -1.99. The number of rotatable bonds is 0. The Morgan fingerprint density at radius 3 is 2.38 bits per heavy atom. The zero-order valence-electron chi connectivity index (χ0n) is 9.79. The van der Waals surface area contributed by atoms with Gasteiger partial charge in [0.05, 0.1) is 0 Å². The summed E-state index contributed by atoms with van der Waals surface area (Å²) >= 11 is 0. The molecule has 1 aromatic heterocycles. The van der Waals surface area contributed by atoms with E-state index in [0.717, 1.165) is 11.2 Å². The summed E-state index contributed by atoms with van der Waals surface area (Å²) in [5.74, 6) is 0. The summed E-state index contributed by atoms with van der Waals surface area (Å²) in [4.78, 5) is 0. The van der Waals surface area contributed by atoms with E-state index in [0.29, 0.717) is 0 Å². The van der Waals surface area contributed by atoms with Crippen LogP contribution in [0.4, 0.5) is 0 Å². The minimum absolute atomic E-state index is 0.990. The number of hydrogen-bond donors (Lipinski definition) is 0. The van der Waals surface area contributed by atoms with Gasteiger partial charge >= 0.3 is 0 Å². The number of aryl methyl sites for hydroxylation is 3. The Labute approximate surface area is 94.7 Å². The van der Waals surface area contributed by atoms with Gasteiger partial charge in [-0.25, -0.2) is 0 Å². The maximum absolute atomic E-state index is 5.89. The second-order valence-electron chi connectivity index (χ2n) is 4.51. The molecule has 16 heavy (non-hydrogen) atoms. The van der Waals surface area contributed by atoms with Crippen molar-refractivity contribution < 1.29 is 4.42 Å². The van der Waals surface area contributed by atoms with Crippen LogP contribution in [-0.2, 0) is 0 Å². The van der Waals surface area contributed by atoms with Gasteiger partial charge in [-0.2, -0.15) is 0 Å². The molecule has 0 radical (unpaired) electrons. The van der Waals surface area contributed by atoms with Crippen LogP contribution >= 0.6 is 0 Å². The highest BCUT2D eigenvalue weighted by Gasteiger charge is 2.11. The number of benzene rings is 2. The van der Waals surface area contributed by atoms with E-state index in [1.807, 2.05) is 12.1 Å². The van der Waals surface area contributed by atoms with Gasteiger partial charge in [0.15, 0.2) is 0 Å². The lowest BCUT2D eigenvalue weighted by atomic mass is 10.0. The van der Waals surface area contributed by atoms with Gasteiger partial charge in [-0.1, -0.05) is 18.2 Å². The summed E-state index contributed by atoms with van der Waals surface area (Å²) in [7, 11) is 0. The van der Waals surface area contributed by atoms with Crippen LogP contribution in [0.5, 0.6) is 0 Å².